The zero-order chi connectivity index (χ0) is 12.4. The summed E-state index contributed by atoms with van der Waals surface area (Å²) in [6, 6.07) is 7.36. The Bertz CT molecular complexity index is 533. The normalized spacial score (nSPS) is 10.5. The van der Waals surface area contributed by atoms with Crippen LogP contribution < -0.4 is 5.73 Å². The Hall–Kier alpha value is -1.25. The molecule has 2 aromatic rings. The first-order valence-electron chi connectivity index (χ1n) is 5.22. The van der Waals surface area contributed by atoms with Gasteiger partial charge in [0.25, 0.3) is 0 Å². The van der Waals surface area contributed by atoms with Crippen LogP contribution in [0.25, 0.3) is 0 Å². The van der Waals surface area contributed by atoms with Gasteiger partial charge in [0.1, 0.15) is 5.82 Å². The summed E-state index contributed by atoms with van der Waals surface area (Å²) in [7, 11) is 0. The minimum Gasteiger partial charge on any atom is -0.383 e. The van der Waals surface area contributed by atoms with Crippen molar-refractivity contribution in [1.82, 2.24) is 4.98 Å². The molecule has 0 aliphatic rings. The number of nitrogen functional groups attached to an aromatic ring is 1. The zero-order valence-electron chi connectivity index (χ0n) is 9.37. The van der Waals surface area contributed by atoms with Crippen LogP contribution in [-0.4, -0.2) is 4.98 Å². The molecule has 0 radical (unpaired) electrons. The van der Waals surface area contributed by atoms with Crippen LogP contribution >= 0.6 is 23.2 Å². The summed E-state index contributed by atoms with van der Waals surface area (Å²) >= 11 is 12.1. The van der Waals surface area contributed by atoms with Crippen LogP contribution in [0.4, 0.5) is 5.82 Å². The van der Waals surface area contributed by atoms with Crippen LogP contribution in [0.2, 0.25) is 10.0 Å². The van der Waals surface area contributed by atoms with Gasteiger partial charge in [-0.15, -0.1) is 0 Å². The van der Waals surface area contributed by atoms with Crippen LogP contribution in [0, 0.1) is 6.92 Å². The van der Waals surface area contributed by atoms with E-state index < -0.39 is 0 Å². The highest BCUT2D eigenvalue weighted by molar-refractivity contribution is 6.33. The van der Waals surface area contributed by atoms with E-state index in [9.17, 15) is 0 Å². The molecule has 17 heavy (non-hydrogen) atoms. The van der Waals surface area contributed by atoms with Crippen molar-refractivity contribution < 1.29 is 0 Å². The summed E-state index contributed by atoms with van der Waals surface area (Å²) in [5.41, 5.74) is 8.93. The number of halogens is 2. The van der Waals surface area contributed by atoms with Crippen molar-refractivity contribution in [3.8, 4) is 0 Å². The summed E-state index contributed by atoms with van der Waals surface area (Å²) < 4.78 is 0. The first kappa shape index (κ1) is 12.2. The van der Waals surface area contributed by atoms with Gasteiger partial charge in [-0.05, 0) is 42.3 Å². The van der Waals surface area contributed by atoms with Crippen molar-refractivity contribution in [3.05, 3.63) is 57.2 Å². The quantitative estimate of drug-likeness (QED) is 0.897. The van der Waals surface area contributed by atoms with Gasteiger partial charge in [-0.2, -0.15) is 0 Å². The van der Waals surface area contributed by atoms with Crippen molar-refractivity contribution in [2.24, 2.45) is 0 Å². The fraction of sp³-hybridized carbons (Fsp3) is 0.154. The van der Waals surface area contributed by atoms with E-state index >= 15 is 0 Å². The Morgan fingerprint density at radius 2 is 2.00 bits per heavy atom. The highest BCUT2D eigenvalue weighted by atomic mass is 35.5. The Kier molecular flexibility index (Phi) is 3.55. The first-order valence-corrected chi connectivity index (χ1v) is 5.97. The Labute approximate surface area is 110 Å². The Balaban J connectivity index is 2.41. The van der Waals surface area contributed by atoms with Gasteiger partial charge in [0.2, 0.25) is 0 Å². The first-order chi connectivity index (χ1) is 8.08. The lowest BCUT2D eigenvalue weighted by Crippen LogP contribution is -2.01. The molecule has 1 aromatic heterocycles. The monoisotopic (exact) mass is 266 g/mol. The maximum absolute atomic E-state index is 6.13. The Morgan fingerprint density at radius 1 is 1.24 bits per heavy atom. The van der Waals surface area contributed by atoms with Crippen molar-refractivity contribution >= 4 is 29.0 Å². The van der Waals surface area contributed by atoms with E-state index in [0.717, 1.165) is 16.7 Å². The minimum atomic E-state index is 0.543. The second-order valence-electron chi connectivity index (χ2n) is 3.90. The number of hydrogen-bond donors (Lipinski definition) is 1. The van der Waals surface area contributed by atoms with Crippen molar-refractivity contribution in [1.29, 1.82) is 0 Å². The molecule has 0 saturated heterocycles. The van der Waals surface area contributed by atoms with E-state index in [1.807, 2.05) is 19.1 Å². The second-order valence-corrected chi connectivity index (χ2v) is 4.75. The summed E-state index contributed by atoms with van der Waals surface area (Å²) in [5, 5.41) is 1.36. The SMILES string of the molecule is Cc1ccnc(N)c1Cc1cc(Cl)ccc1Cl. The highest BCUT2D eigenvalue weighted by Gasteiger charge is 2.08. The van der Waals surface area contributed by atoms with E-state index in [0.29, 0.717) is 22.3 Å². The third-order valence-corrected chi connectivity index (χ3v) is 3.30. The van der Waals surface area contributed by atoms with Gasteiger partial charge in [0.05, 0.1) is 0 Å². The molecule has 0 aliphatic carbocycles. The molecule has 2 nitrogen and oxygen atoms in total. The summed E-state index contributed by atoms with van der Waals surface area (Å²) in [6.07, 6.45) is 2.35. The van der Waals surface area contributed by atoms with E-state index in [1.165, 1.54) is 0 Å². The summed E-state index contributed by atoms with van der Waals surface area (Å²) in [6.45, 7) is 2.01. The molecule has 0 saturated carbocycles. The molecule has 1 aromatic carbocycles. The smallest absolute Gasteiger partial charge is 0.127 e. The van der Waals surface area contributed by atoms with Gasteiger partial charge in [-0.3, -0.25) is 0 Å². The average Bonchev–Trinajstić information content (AvgIpc) is 2.28. The van der Waals surface area contributed by atoms with E-state index in [-0.39, 0.29) is 0 Å². The molecule has 0 amide bonds. The molecule has 0 unspecified atom stereocenters. The third kappa shape index (κ3) is 2.71. The van der Waals surface area contributed by atoms with E-state index in [4.69, 9.17) is 28.9 Å². The van der Waals surface area contributed by atoms with Crippen molar-refractivity contribution in [2.75, 3.05) is 5.73 Å². The fourth-order valence-electron chi connectivity index (χ4n) is 1.71. The molecule has 0 bridgehead atoms. The lowest BCUT2D eigenvalue weighted by molar-refractivity contribution is 1.12. The molecule has 2 N–H and O–H groups in total. The maximum Gasteiger partial charge on any atom is 0.127 e. The van der Waals surface area contributed by atoms with Crippen LogP contribution in [0.1, 0.15) is 16.7 Å². The zero-order valence-corrected chi connectivity index (χ0v) is 10.9. The minimum absolute atomic E-state index is 0.543. The van der Waals surface area contributed by atoms with Gasteiger partial charge in [0, 0.05) is 28.2 Å². The number of pyridine rings is 1. The molecular formula is C13H12Cl2N2. The molecule has 4 heteroatoms. The van der Waals surface area contributed by atoms with Gasteiger partial charge < -0.3 is 5.73 Å². The van der Waals surface area contributed by atoms with Crippen LogP contribution in [0.5, 0.6) is 0 Å². The topological polar surface area (TPSA) is 38.9 Å². The van der Waals surface area contributed by atoms with Gasteiger partial charge in [0.15, 0.2) is 0 Å². The molecule has 0 fully saturated rings. The molecular weight excluding hydrogens is 255 g/mol. The van der Waals surface area contributed by atoms with Gasteiger partial charge in [-0.1, -0.05) is 23.2 Å². The average molecular weight is 267 g/mol. The largest absolute Gasteiger partial charge is 0.383 e. The van der Waals surface area contributed by atoms with Crippen LogP contribution in [-0.2, 0) is 6.42 Å². The molecule has 0 atom stereocenters. The van der Waals surface area contributed by atoms with Crippen molar-refractivity contribution in [3.63, 3.8) is 0 Å². The predicted molar refractivity (Wildman–Crippen MR) is 72.7 cm³/mol. The lowest BCUT2D eigenvalue weighted by atomic mass is 10.0. The van der Waals surface area contributed by atoms with Crippen LogP contribution in [0.15, 0.2) is 30.5 Å². The van der Waals surface area contributed by atoms with Crippen LogP contribution in [0.3, 0.4) is 0 Å². The number of nitrogens with zero attached hydrogens (tertiary/aromatic N) is 1. The molecule has 0 aliphatic heterocycles. The standard InChI is InChI=1S/C13H12Cl2N2/c1-8-4-5-17-13(16)11(8)7-9-6-10(14)2-3-12(9)15/h2-6H,7H2,1H3,(H2,16,17). The third-order valence-electron chi connectivity index (χ3n) is 2.70. The number of aromatic nitrogens is 1. The number of benzene rings is 1. The lowest BCUT2D eigenvalue weighted by Gasteiger charge is -2.10. The second kappa shape index (κ2) is 4.94. The predicted octanol–water partition coefficient (Wildman–Crippen LogP) is 3.87. The molecule has 88 valence electrons. The summed E-state index contributed by atoms with van der Waals surface area (Å²) in [5.74, 6) is 0.543. The van der Waals surface area contributed by atoms with E-state index in [2.05, 4.69) is 4.98 Å². The molecule has 1 heterocycles. The number of hydrogen-bond acceptors (Lipinski definition) is 2. The van der Waals surface area contributed by atoms with E-state index in [1.54, 1.807) is 18.3 Å². The van der Waals surface area contributed by atoms with Crippen molar-refractivity contribution in [2.45, 2.75) is 13.3 Å². The van der Waals surface area contributed by atoms with Gasteiger partial charge in [-0.25, -0.2) is 4.98 Å². The number of aryl methyl sites for hydroxylation is 1. The highest BCUT2D eigenvalue weighted by Crippen LogP contribution is 2.26. The number of nitrogens with two attached hydrogens (primary N) is 1. The Morgan fingerprint density at radius 3 is 2.71 bits per heavy atom. The maximum atomic E-state index is 6.13. The molecule has 2 rings (SSSR count). The molecule has 0 spiro atoms. The van der Waals surface area contributed by atoms with Gasteiger partial charge >= 0.3 is 0 Å². The fourth-order valence-corrected chi connectivity index (χ4v) is 2.09. The summed E-state index contributed by atoms with van der Waals surface area (Å²) in [4.78, 5) is 4.09. The number of rotatable bonds is 2. The number of anilines is 1.